The van der Waals surface area contributed by atoms with Gasteiger partial charge in [-0.25, -0.2) is 4.98 Å². The fourth-order valence-electron chi connectivity index (χ4n) is 1.95. The van der Waals surface area contributed by atoms with Crippen LogP contribution in [0.4, 0.5) is 11.4 Å². The number of carbonyl (C=O) groups is 1. The standard InChI is InChI=1S/C14H20N6O/c1-20(2)14(21)10-5-6-12(11(15)8-10)16-7-3-4-13-17-9-18-19-13/h5-6,8-9,16H,3-4,7,15H2,1-2H3,(H,17,18,19). The number of aromatic amines is 1. The number of benzene rings is 1. The highest BCUT2D eigenvalue weighted by Crippen LogP contribution is 2.20. The molecule has 0 aliphatic carbocycles. The quantitative estimate of drug-likeness (QED) is 0.546. The molecular formula is C14H20N6O. The molecule has 1 aromatic carbocycles. The summed E-state index contributed by atoms with van der Waals surface area (Å²) in [4.78, 5) is 17.4. The van der Waals surface area contributed by atoms with Crippen LogP contribution in [0.1, 0.15) is 22.6 Å². The maximum Gasteiger partial charge on any atom is 0.253 e. The Labute approximate surface area is 123 Å². The molecule has 112 valence electrons. The highest BCUT2D eigenvalue weighted by atomic mass is 16.2. The van der Waals surface area contributed by atoms with Gasteiger partial charge >= 0.3 is 0 Å². The first-order chi connectivity index (χ1) is 10.1. The number of aryl methyl sites for hydroxylation is 1. The first-order valence-electron chi connectivity index (χ1n) is 6.77. The highest BCUT2D eigenvalue weighted by Gasteiger charge is 2.09. The van der Waals surface area contributed by atoms with Gasteiger partial charge in [-0.2, -0.15) is 5.10 Å². The average molecular weight is 288 g/mol. The van der Waals surface area contributed by atoms with Crippen molar-refractivity contribution in [3.8, 4) is 0 Å². The lowest BCUT2D eigenvalue weighted by molar-refractivity contribution is 0.0827. The Morgan fingerprint density at radius 2 is 2.24 bits per heavy atom. The Morgan fingerprint density at radius 3 is 2.86 bits per heavy atom. The summed E-state index contributed by atoms with van der Waals surface area (Å²) in [5.41, 5.74) is 7.97. The lowest BCUT2D eigenvalue weighted by Crippen LogP contribution is -2.21. The summed E-state index contributed by atoms with van der Waals surface area (Å²) in [6.07, 6.45) is 3.23. The molecule has 0 aliphatic heterocycles. The van der Waals surface area contributed by atoms with Crippen molar-refractivity contribution in [2.45, 2.75) is 12.8 Å². The second kappa shape index (κ2) is 6.74. The molecule has 0 fully saturated rings. The number of amides is 1. The van der Waals surface area contributed by atoms with Crippen molar-refractivity contribution in [2.75, 3.05) is 31.7 Å². The van der Waals surface area contributed by atoms with E-state index < -0.39 is 0 Å². The average Bonchev–Trinajstić information content (AvgIpc) is 2.97. The maximum absolute atomic E-state index is 11.8. The van der Waals surface area contributed by atoms with Crippen molar-refractivity contribution in [1.29, 1.82) is 0 Å². The van der Waals surface area contributed by atoms with Gasteiger partial charge in [0.05, 0.1) is 11.4 Å². The summed E-state index contributed by atoms with van der Waals surface area (Å²) in [5, 5.41) is 9.88. The number of nitrogens with zero attached hydrogens (tertiary/aromatic N) is 3. The summed E-state index contributed by atoms with van der Waals surface area (Å²) < 4.78 is 0. The normalized spacial score (nSPS) is 10.4. The van der Waals surface area contributed by atoms with Gasteiger partial charge in [0, 0.05) is 32.6 Å². The summed E-state index contributed by atoms with van der Waals surface area (Å²) in [7, 11) is 3.43. The van der Waals surface area contributed by atoms with E-state index in [4.69, 9.17) is 5.73 Å². The number of hydrogen-bond donors (Lipinski definition) is 3. The number of nitrogen functional groups attached to an aromatic ring is 1. The molecule has 0 atom stereocenters. The van der Waals surface area contributed by atoms with Gasteiger partial charge in [-0.3, -0.25) is 9.89 Å². The molecule has 7 nitrogen and oxygen atoms in total. The Balaban J connectivity index is 1.87. The maximum atomic E-state index is 11.8. The van der Waals surface area contributed by atoms with E-state index in [-0.39, 0.29) is 5.91 Å². The lowest BCUT2D eigenvalue weighted by Gasteiger charge is -2.13. The molecule has 7 heteroatoms. The first kappa shape index (κ1) is 14.8. The van der Waals surface area contributed by atoms with E-state index in [1.54, 1.807) is 26.2 Å². The van der Waals surface area contributed by atoms with Crippen molar-refractivity contribution < 1.29 is 4.79 Å². The molecule has 0 bridgehead atoms. The molecule has 4 N–H and O–H groups in total. The molecule has 1 heterocycles. The molecule has 0 saturated carbocycles. The molecular weight excluding hydrogens is 268 g/mol. The second-order valence-corrected chi connectivity index (χ2v) is 4.96. The Kier molecular flexibility index (Phi) is 4.76. The molecule has 0 aliphatic rings. The number of H-pyrrole nitrogens is 1. The van der Waals surface area contributed by atoms with Crippen molar-refractivity contribution in [2.24, 2.45) is 0 Å². The minimum absolute atomic E-state index is 0.0569. The van der Waals surface area contributed by atoms with Gasteiger partial charge in [-0.1, -0.05) is 0 Å². The summed E-state index contributed by atoms with van der Waals surface area (Å²) in [5.74, 6) is 0.815. The molecule has 2 rings (SSSR count). The Bertz CT molecular complexity index is 594. The number of nitrogens with one attached hydrogen (secondary N) is 2. The van der Waals surface area contributed by atoms with E-state index in [0.29, 0.717) is 11.3 Å². The van der Waals surface area contributed by atoms with E-state index >= 15 is 0 Å². The second-order valence-electron chi connectivity index (χ2n) is 4.96. The van der Waals surface area contributed by atoms with Gasteiger partial charge in [0.15, 0.2) is 0 Å². The highest BCUT2D eigenvalue weighted by molar-refractivity contribution is 5.95. The fraction of sp³-hybridized carbons (Fsp3) is 0.357. The van der Waals surface area contributed by atoms with Gasteiger partial charge in [0.2, 0.25) is 0 Å². The first-order valence-corrected chi connectivity index (χ1v) is 6.77. The van der Waals surface area contributed by atoms with E-state index in [1.165, 1.54) is 11.2 Å². The van der Waals surface area contributed by atoms with Crippen LogP contribution in [0, 0.1) is 0 Å². The predicted molar refractivity (Wildman–Crippen MR) is 82.1 cm³/mol. The van der Waals surface area contributed by atoms with Crippen LogP contribution in [0.2, 0.25) is 0 Å². The zero-order valence-electron chi connectivity index (χ0n) is 12.3. The Morgan fingerprint density at radius 1 is 1.43 bits per heavy atom. The molecule has 21 heavy (non-hydrogen) atoms. The molecule has 1 amide bonds. The van der Waals surface area contributed by atoms with Crippen LogP contribution >= 0.6 is 0 Å². The molecule has 0 saturated heterocycles. The largest absolute Gasteiger partial charge is 0.397 e. The van der Waals surface area contributed by atoms with Crippen molar-refractivity contribution in [3.05, 3.63) is 35.9 Å². The van der Waals surface area contributed by atoms with Crippen molar-refractivity contribution >= 4 is 17.3 Å². The smallest absolute Gasteiger partial charge is 0.253 e. The topological polar surface area (TPSA) is 99.9 Å². The van der Waals surface area contributed by atoms with E-state index in [9.17, 15) is 4.79 Å². The van der Waals surface area contributed by atoms with Crippen LogP contribution in [-0.4, -0.2) is 46.6 Å². The van der Waals surface area contributed by atoms with Gasteiger partial charge in [-0.15, -0.1) is 0 Å². The monoisotopic (exact) mass is 288 g/mol. The fourth-order valence-corrected chi connectivity index (χ4v) is 1.95. The molecule has 0 radical (unpaired) electrons. The van der Waals surface area contributed by atoms with Crippen LogP contribution in [0.5, 0.6) is 0 Å². The number of rotatable bonds is 6. The van der Waals surface area contributed by atoms with Crippen LogP contribution < -0.4 is 11.1 Å². The molecule has 0 spiro atoms. The zero-order chi connectivity index (χ0) is 15.2. The lowest BCUT2D eigenvalue weighted by atomic mass is 10.1. The summed E-state index contributed by atoms with van der Waals surface area (Å²) in [6, 6.07) is 5.30. The van der Waals surface area contributed by atoms with Gasteiger partial charge in [0.25, 0.3) is 5.91 Å². The van der Waals surface area contributed by atoms with E-state index in [2.05, 4.69) is 20.5 Å². The molecule has 0 unspecified atom stereocenters. The predicted octanol–water partition coefficient (Wildman–Crippen LogP) is 1.13. The van der Waals surface area contributed by atoms with E-state index in [1.807, 2.05) is 6.07 Å². The summed E-state index contributed by atoms with van der Waals surface area (Å²) in [6.45, 7) is 0.770. The SMILES string of the molecule is CN(C)C(=O)c1ccc(NCCCc2ncn[nH]2)c(N)c1. The van der Waals surface area contributed by atoms with Crippen LogP contribution in [0.15, 0.2) is 24.5 Å². The third-order valence-corrected chi connectivity index (χ3v) is 3.08. The number of hydrogen-bond acceptors (Lipinski definition) is 5. The third kappa shape index (κ3) is 3.95. The summed E-state index contributed by atoms with van der Waals surface area (Å²) >= 11 is 0. The molecule has 1 aromatic heterocycles. The minimum Gasteiger partial charge on any atom is -0.397 e. The molecule has 2 aromatic rings. The van der Waals surface area contributed by atoms with Gasteiger partial charge in [-0.05, 0) is 24.6 Å². The van der Waals surface area contributed by atoms with Crippen LogP contribution in [0.25, 0.3) is 0 Å². The van der Waals surface area contributed by atoms with Crippen LogP contribution in [-0.2, 0) is 6.42 Å². The number of anilines is 2. The number of nitrogens with two attached hydrogens (primary N) is 1. The zero-order valence-corrected chi connectivity index (χ0v) is 12.3. The van der Waals surface area contributed by atoms with E-state index in [0.717, 1.165) is 30.9 Å². The Hall–Kier alpha value is -2.57. The number of aromatic nitrogens is 3. The van der Waals surface area contributed by atoms with Gasteiger partial charge < -0.3 is 16.0 Å². The van der Waals surface area contributed by atoms with Gasteiger partial charge in [0.1, 0.15) is 12.2 Å². The number of carbonyl (C=O) groups excluding carboxylic acids is 1. The minimum atomic E-state index is -0.0569. The third-order valence-electron chi connectivity index (χ3n) is 3.08. The van der Waals surface area contributed by atoms with Crippen molar-refractivity contribution in [3.63, 3.8) is 0 Å². The van der Waals surface area contributed by atoms with Crippen molar-refractivity contribution in [1.82, 2.24) is 20.1 Å². The van der Waals surface area contributed by atoms with Crippen LogP contribution in [0.3, 0.4) is 0 Å².